The molecule has 2 nitrogen and oxygen atoms in total. The van der Waals surface area contributed by atoms with Gasteiger partial charge in [0, 0.05) is 30.3 Å². The fraction of sp³-hybridized carbons (Fsp3) is 0.625. The van der Waals surface area contributed by atoms with Crippen molar-refractivity contribution in [2.75, 3.05) is 25.5 Å². The van der Waals surface area contributed by atoms with Crippen LogP contribution < -0.4 is 5.32 Å². The van der Waals surface area contributed by atoms with Crippen LogP contribution in [-0.4, -0.2) is 30.8 Å². The van der Waals surface area contributed by atoms with Crippen molar-refractivity contribution in [2.45, 2.75) is 37.5 Å². The summed E-state index contributed by atoms with van der Waals surface area (Å²) in [6.45, 7) is 5.20. The molecule has 0 saturated carbocycles. The number of ether oxygens (including phenoxy) is 1. The van der Waals surface area contributed by atoms with Gasteiger partial charge in [0.25, 0.3) is 0 Å². The van der Waals surface area contributed by atoms with Crippen molar-refractivity contribution in [1.82, 2.24) is 5.32 Å². The Balaban J connectivity index is 1.86. The first-order valence-corrected chi connectivity index (χ1v) is 8.42. The van der Waals surface area contributed by atoms with E-state index in [0.29, 0.717) is 6.04 Å². The van der Waals surface area contributed by atoms with Gasteiger partial charge in [-0.3, -0.25) is 0 Å². The fourth-order valence-corrected chi connectivity index (χ4v) is 3.65. The summed E-state index contributed by atoms with van der Waals surface area (Å²) >= 11 is 2.11. The summed E-state index contributed by atoms with van der Waals surface area (Å²) in [6.07, 6.45) is 3.60. The fourth-order valence-electron chi connectivity index (χ4n) is 2.35. The van der Waals surface area contributed by atoms with Crippen LogP contribution in [0.1, 0.15) is 37.8 Å². The highest BCUT2D eigenvalue weighted by atomic mass is 32.2. The number of rotatable bonds is 7. The first kappa shape index (κ1) is 14.9. The molecular weight excluding hydrogens is 254 g/mol. The molecule has 1 fully saturated rings. The third-order valence-electron chi connectivity index (χ3n) is 3.51. The van der Waals surface area contributed by atoms with Crippen LogP contribution in [0.15, 0.2) is 30.3 Å². The van der Waals surface area contributed by atoms with E-state index in [1.165, 1.54) is 24.8 Å². The molecule has 0 amide bonds. The number of hydrogen-bond donors (Lipinski definition) is 1. The number of thioether (sulfide) groups is 1. The van der Waals surface area contributed by atoms with Gasteiger partial charge >= 0.3 is 0 Å². The van der Waals surface area contributed by atoms with E-state index in [2.05, 4.69) is 54.3 Å². The molecule has 1 N–H and O–H groups in total. The smallest absolute Gasteiger partial charge is 0.0476 e. The largest absolute Gasteiger partial charge is 0.381 e. The molecule has 1 heterocycles. The lowest BCUT2D eigenvalue weighted by molar-refractivity contribution is 0.1000. The van der Waals surface area contributed by atoms with E-state index >= 15 is 0 Å². The summed E-state index contributed by atoms with van der Waals surface area (Å²) in [7, 11) is 0. The van der Waals surface area contributed by atoms with Gasteiger partial charge in [-0.05, 0) is 31.4 Å². The molecule has 1 aliphatic heterocycles. The maximum atomic E-state index is 5.43. The van der Waals surface area contributed by atoms with E-state index in [-0.39, 0.29) is 0 Å². The van der Waals surface area contributed by atoms with Gasteiger partial charge in [-0.25, -0.2) is 0 Å². The maximum Gasteiger partial charge on any atom is 0.0476 e. The van der Waals surface area contributed by atoms with Crippen molar-refractivity contribution in [2.24, 2.45) is 0 Å². The molecule has 1 unspecified atom stereocenters. The standard InChI is InChI=1S/C16H25NOS/c1-2-10-17-16(14-6-4-3-5-7-14)13-19-15-8-11-18-12-9-15/h3-7,15-17H,2,8-13H2,1H3. The van der Waals surface area contributed by atoms with Gasteiger partial charge < -0.3 is 10.1 Å². The molecule has 106 valence electrons. The molecule has 0 radical (unpaired) electrons. The van der Waals surface area contributed by atoms with Crippen molar-refractivity contribution in [1.29, 1.82) is 0 Å². The molecule has 2 rings (SSSR count). The molecule has 1 atom stereocenters. The maximum absolute atomic E-state index is 5.43. The van der Waals surface area contributed by atoms with E-state index in [4.69, 9.17) is 4.74 Å². The van der Waals surface area contributed by atoms with Gasteiger partial charge in [0.15, 0.2) is 0 Å². The third kappa shape index (κ3) is 5.17. The Hall–Kier alpha value is -0.510. The normalized spacial score (nSPS) is 18.4. The van der Waals surface area contributed by atoms with Crippen LogP contribution in [0.4, 0.5) is 0 Å². The monoisotopic (exact) mass is 279 g/mol. The Kier molecular flexibility index (Phi) is 6.75. The number of benzene rings is 1. The minimum atomic E-state index is 0.481. The summed E-state index contributed by atoms with van der Waals surface area (Å²) in [5, 5.41) is 4.45. The average Bonchev–Trinajstić information content (AvgIpc) is 2.49. The summed E-state index contributed by atoms with van der Waals surface area (Å²) in [5.41, 5.74) is 1.41. The van der Waals surface area contributed by atoms with Crippen LogP contribution in [0, 0.1) is 0 Å². The molecular formula is C16H25NOS. The van der Waals surface area contributed by atoms with Crippen molar-refractivity contribution in [3.63, 3.8) is 0 Å². The Morgan fingerprint density at radius 2 is 2.00 bits per heavy atom. The molecule has 0 aliphatic carbocycles. The summed E-state index contributed by atoms with van der Waals surface area (Å²) < 4.78 is 5.43. The van der Waals surface area contributed by atoms with Crippen molar-refractivity contribution in [3.8, 4) is 0 Å². The highest BCUT2D eigenvalue weighted by molar-refractivity contribution is 7.99. The Bertz CT molecular complexity index is 338. The quantitative estimate of drug-likeness (QED) is 0.823. The zero-order chi connectivity index (χ0) is 13.3. The topological polar surface area (TPSA) is 21.3 Å². The van der Waals surface area contributed by atoms with Crippen LogP contribution in [0.2, 0.25) is 0 Å². The Morgan fingerprint density at radius 3 is 2.68 bits per heavy atom. The molecule has 1 saturated heterocycles. The van der Waals surface area contributed by atoms with Crippen LogP contribution in [0.3, 0.4) is 0 Å². The lowest BCUT2D eigenvalue weighted by atomic mass is 10.1. The number of nitrogens with one attached hydrogen (secondary N) is 1. The first-order chi connectivity index (χ1) is 9.40. The lowest BCUT2D eigenvalue weighted by Gasteiger charge is -2.25. The van der Waals surface area contributed by atoms with Crippen LogP contribution in [0.5, 0.6) is 0 Å². The van der Waals surface area contributed by atoms with Gasteiger partial charge in [-0.1, -0.05) is 37.3 Å². The van der Waals surface area contributed by atoms with Crippen molar-refractivity contribution < 1.29 is 4.74 Å². The van der Waals surface area contributed by atoms with Gasteiger partial charge in [0.2, 0.25) is 0 Å². The molecule has 0 bridgehead atoms. The number of hydrogen-bond acceptors (Lipinski definition) is 3. The summed E-state index contributed by atoms with van der Waals surface area (Å²) in [6, 6.07) is 11.3. The second kappa shape index (κ2) is 8.62. The van der Waals surface area contributed by atoms with E-state index in [1.54, 1.807) is 0 Å². The minimum absolute atomic E-state index is 0.481. The van der Waals surface area contributed by atoms with Crippen LogP contribution in [0.25, 0.3) is 0 Å². The predicted octanol–water partition coefficient (Wildman–Crippen LogP) is 3.64. The van der Waals surface area contributed by atoms with Gasteiger partial charge in [-0.2, -0.15) is 11.8 Å². The van der Waals surface area contributed by atoms with Crippen molar-refractivity contribution in [3.05, 3.63) is 35.9 Å². The van der Waals surface area contributed by atoms with Crippen molar-refractivity contribution >= 4 is 11.8 Å². The summed E-state index contributed by atoms with van der Waals surface area (Å²) in [4.78, 5) is 0. The Labute approximate surface area is 121 Å². The van der Waals surface area contributed by atoms with Gasteiger partial charge in [-0.15, -0.1) is 0 Å². The highest BCUT2D eigenvalue weighted by Gasteiger charge is 2.17. The lowest BCUT2D eigenvalue weighted by Crippen LogP contribution is -2.26. The van der Waals surface area contributed by atoms with Crippen LogP contribution in [-0.2, 0) is 4.74 Å². The Morgan fingerprint density at radius 1 is 1.26 bits per heavy atom. The molecule has 1 aromatic carbocycles. The second-order valence-electron chi connectivity index (χ2n) is 5.06. The minimum Gasteiger partial charge on any atom is -0.381 e. The molecule has 1 aliphatic rings. The third-order valence-corrected chi connectivity index (χ3v) is 4.98. The van der Waals surface area contributed by atoms with E-state index in [0.717, 1.165) is 30.8 Å². The second-order valence-corrected chi connectivity index (χ2v) is 6.40. The van der Waals surface area contributed by atoms with E-state index in [1.807, 2.05) is 0 Å². The van der Waals surface area contributed by atoms with Crippen LogP contribution >= 0.6 is 11.8 Å². The molecule has 3 heteroatoms. The SMILES string of the molecule is CCCNC(CSC1CCOCC1)c1ccccc1. The van der Waals surface area contributed by atoms with E-state index in [9.17, 15) is 0 Å². The molecule has 19 heavy (non-hydrogen) atoms. The molecule has 0 spiro atoms. The predicted molar refractivity (Wildman–Crippen MR) is 83.8 cm³/mol. The average molecular weight is 279 g/mol. The van der Waals surface area contributed by atoms with Gasteiger partial charge in [0.1, 0.15) is 0 Å². The zero-order valence-electron chi connectivity index (χ0n) is 11.8. The summed E-state index contributed by atoms with van der Waals surface area (Å²) in [5.74, 6) is 1.16. The molecule has 0 aromatic heterocycles. The highest BCUT2D eigenvalue weighted by Crippen LogP contribution is 2.26. The molecule has 1 aromatic rings. The van der Waals surface area contributed by atoms with E-state index < -0.39 is 0 Å². The van der Waals surface area contributed by atoms with Gasteiger partial charge in [0.05, 0.1) is 0 Å². The zero-order valence-corrected chi connectivity index (χ0v) is 12.6. The first-order valence-electron chi connectivity index (χ1n) is 7.38.